The monoisotopic (exact) mass is 220 g/mol. The third kappa shape index (κ3) is 3.03. The number of carbonyl (C=O) groups excluding carboxylic acids is 1. The van der Waals surface area contributed by atoms with Crippen molar-refractivity contribution in [3.05, 3.63) is 30.1 Å². The Balaban J connectivity index is 1.71. The van der Waals surface area contributed by atoms with Gasteiger partial charge in [-0.3, -0.25) is 9.78 Å². The van der Waals surface area contributed by atoms with Gasteiger partial charge in [-0.2, -0.15) is 0 Å². The fraction of sp³-hybridized carbons (Fsp3) is 0.500. The van der Waals surface area contributed by atoms with Crippen LogP contribution >= 0.6 is 0 Å². The Hall–Kier alpha value is -1.42. The molecule has 0 radical (unpaired) electrons. The van der Waals surface area contributed by atoms with Crippen LogP contribution in [0.1, 0.15) is 29.8 Å². The smallest absolute Gasteiger partial charge is 0.269 e. The Bertz CT molecular complexity index is 334. The Labute approximate surface area is 95.0 Å². The molecule has 1 aromatic rings. The lowest BCUT2D eigenvalue weighted by atomic mass is 10.2. The van der Waals surface area contributed by atoms with Crippen LogP contribution in [0.3, 0.4) is 0 Å². The minimum absolute atomic E-state index is 0.112. The topological polar surface area (TPSA) is 51.2 Å². The van der Waals surface area contributed by atoms with E-state index in [1.807, 2.05) is 6.07 Å². The standard InChI is InChI=1S/C12H16N2O2/c15-12(11-5-1-2-7-13-11)14-8-6-10-4-3-9-16-10/h1-2,5,7,10H,3-4,6,8-9H2,(H,14,15)/t10-/m1/s1. The molecule has 1 aromatic heterocycles. The maximum Gasteiger partial charge on any atom is 0.269 e. The van der Waals surface area contributed by atoms with Crippen molar-refractivity contribution in [2.45, 2.75) is 25.4 Å². The van der Waals surface area contributed by atoms with E-state index >= 15 is 0 Å². The molecule has 0 saturated carbocycles. The second kappa shape index (κ2) is 5.61. The van der Waals surface area contributed by atoms with Crippen LogP contribution in [0.25, 0.3) is 0 Å². The highest BCUT2D eigenvalue weighted by atomic mass is 16.5. The van der Waals surface area contributed by atoms with E-state index in [2.05, 4.69) is 10.3 Å². The van der Waals surface area contributed by atoms with Gasteiger partial charge in [0.05, 0.1) is 6.10 Å². The van der Waals surface area contributed by atoms with Crippen LogP contribution in [0.15, 0.2) is 24.4 Å². The summed E-state index contributed by atoms with van der Waals surface area (Å²) in [4.78, 5) is 15.6. The molecule has 0 spiro atoms. The second-order valence-electron chi connectivity index (χ2n) is 3.89. The molecule has 4 nitrogen and oxygen atoms in total. The molecular formula is C12H16N2O2. The third-order valence-corrected chi connectivity index (χ3v) is 2.67. The number of carbonyl (C=O) groups is 1. The highest BCUT2D eigenvalue weighted by molar-refractivity contribution is 5.92. The van der Waals surface area contributed by atoms with Gasteiger partial charge in [-0.25, -0.2) is 0 Å². The Morgan fingerprint density at radius 1 is 1.56 bits per heavy atom. The molecule has 1 aliphatic rings. The first-order valence-electron chi connectivity index (χ1n) is 5.67. The van der Waals surface area contributed by atoms with Crippen molar-refractivity contribution < 1.29 is 9.53 Å². The van der Waals surface area contributed by atoms with Crippen molar-refractivity contribution in [2.24, 2.45) is 0 Å². The number of pyridine rings is 1. The summed E-state index contributed by atoms with van der Waals surface area (Å²) >= 11 is 0. The fourth-order valence-electron chi connectivity index (χ4n) is 1.81. The largest absolute Gasteiger partial charge is 0.378 e. The SMILES string of the molecule is O=C(NCC[C@H]1CCCO1)c1ccccn1. The van der Waals surface area contributed by atoms with E-state index in [9.17, 15) is 4.79 Å². The molecule has 86 valence electrons. The third-order valence-electron chi connectivity index (χ3n) is 2.67. The van der Waals surface area contributed by atoms with Crippen molar-refractivity contribution in [1.29, 1.82) is 0 Å². The zero-order valence-electron chi connectivity index (χ0n) is 9.19. The fourth-order valence-corrected chi connectivity index (χ4v) is 1.81. The molecule has 0 bridgehead atoms. The minimum Gasteiger partial charge on any atom is -0.378 e. The van der Waals surface area contributed by atoms with Gasteiger partial charge >= 0.3 is 0 Å². The van der Waals surface area contributed by atoms with Crippen LogP contribution in [0, 0.1) is 0 Å². The molecule has 4 heteroatoms. The lowest BCUT2D eigenvalue weighted by Gasteiger charge is -2.09. The second-order valence-corrected chi connectivity index (χ2v) is 3.89. The number of nitrogens with one attached hydrogen (secondary N) is 1. The number of hydrogen-bond acceptors (Lipinski definition) is 3. The van der Waals surface area contributed by atoms with E-state index in [1.165, 1.54) is 0 Å². The summed E-state index contributed by atoms with van der Waals surface area (Å²) in [5, 5.41) is 2.84. The Kier molecular flexibility index (Phi) is 3.88. The van der Waals surface area contributed by atoms with Gasteiger partial charge < -0.3 is 10.1 Å². The molecule has 1 fully saturated rings. The zero-order valence-corrected chi connectivity index (χ0v) is 9.19. The predicted molar refractivity (Wildman–Crippen MR) is 60.2 cm³/mol. The van der Waals surface area contributed by atoms with Crippen LogP contribution in [0.4, 0.5) is 0 Å². The Morgan fingerprint density at radius 2 is 2.50 bits per heavy atom. The molecule has 0 aromatic carbocycles. The van der Waals surface area contributed by atoms with Gasteiger partial charge in [0.1, 0.15) is 5.69 Å². The zero-order chi connectivity index (χ0) is 11.2. The summed E-state index contributed by atoms with van der Waals surface area (Å²) in [7, 11) is 0. The molecular weight excluding hydrogens is 204 g/mol. The molecule has 0 aliphatic carbocycles. The normalized spacial score (nSPS) is 19.6. The van der Waals surface area contributed by atoms with E-state index < -0.39 is 0 Å². The van der Waals surface area contributed by atoms with Crippen LogP contribution in [0.2, 0.25) is 0 Å². The van der Waals surface area contributed by atoms with Gasteiger partial charge in [0, 0.05) is 19.3 Å². The summed E-state index contributed by atoms with van der Waals surface area (Å²) in [6.45, 7) is 1.51. The van der Waals surface area contributed by atoms with E-state index in [1.54, 1.807) is 18.3 Å². The first kappa shape index (κ1) is 11.1. The molecule has 1 amide bonds. The summed E-state index contributed by atoms with van der Waals surface area (Å²) in [5.41, 5.74) is 0.467. The average Bonchev–Trinajstić information content (AvgIpc) is 2.83. The summed E-state index contributed by atoms with van der Waals surface area (Å²) in [6, 6.07) is 5.31. The molecule has 16 heavy (non-hydrogen) atoms. The number of nitrogens with zero attached hydrogens (tertiary/aromatic N) is 1. The molecule has 1 N–H and O–H groups in total. The van der Waals surface area contributed by atoms with E-state index in [4.69, 9.17) is 4.74 Å². The van der Waals surface area contributed by atoms with Gasteiger partial charge in [-0.1, -0.05) is 6.07 Å². The summed E-state index contributed by atoms with van der Waals surface area (Å²) in [6.07, 6.45) is 5.08. The van der Waals surface area contributed by atoms with Crippen LogP contribution in [-0.4, -0.2) is 30.1 Å². The summed E-state index contributed by atoms with van der Waals surface area (Å²) < 4.78 is 5.47. The molecule has 2 rings (SSSR count). The van der Waals surface area contributed by atoms with E-state index in [0.717, 1.165) is 25.9 Å². The predicted octanol–water partition coefficient (Wildman–Crippen LogP) is 1.38. The van der Waals surface area contributed by atoms with Crippen molar-refractivity contribution in [3.8, 4) is 0 Å². The molecule has 0 unspecified atom stereocenters. The van der Waals surface area contributed by atoms with Crippen molar-refractivity contribution in [2.75, 3.05) is 13.2 Å². The van der Waals surface area contributed by atoms with E-state index in [0.29, 0.717) is 18.3 Å². The first-order valence-corrected chi connectivity index (χ1v) is 5.67. The van der Waals surface area contributed by atoms with E-state index in [-0.39, 0.29) is 5.91 Å². The number of hydrogen-bond donors (Lipinski definition) is 1. The lowest BCUT2D eigenvalue weighted by molar-refractivity contribution is 0.0903. The first-order chi connectivity index (χ1) is 7.86. The van der Waals surface area contributed by atoms with Gasteiger partial charge in [0.15, 0.2) is 0 Å². The van der Waals surface area contributed by atoms with Crippen molar-refractivity contribution in [3.63, 3.8) is 0 Å². The quantitative estimate of drug-likeness (QED) is 0.834. The van der Waals surface area contributed by atoms with Gasteiger partial charge in [0.2, 0.25) is 0 Å². The number of rotatable bonds is 4. The Morgan fingerprint density at radius 3 is 3.19 bits per heavy atom. The van der Waals surface area contributed by atoms with Crippen molar-refractivity contribution in [1.82, 2.24) is 10.3 Å². The van der Waals surface area contributed by atoms with Crippen LogP contribution < -0.4 is 5.32 Å². The highest BCUT2D eigenvalue weighted by Gasteiger charge is 2.15. The number of amides is 1. The highest BCUT2D eigenvalue weighted by Crippen LogP contribution is 2.14. The molecule has 1 aliphatic heterocycles. The maximum absolute atomic E-state index is 11.6. The van der Waals surface area contributed by atoms with Crippen LogP contribution in [0.5, 0.6) is 0 Å². The average molecular weight is 220 g/mol. The summed E-state index contributed by atoms with van der Waals surface area (Å²) in [5.74, 6) is -0.112. The molecule has 2 heterocycles. The molecule has 1 saturated heterocycles. The van der Waals surface area contributed by atoms with Crippen molar-refractivity contribution >= 4 is 5.91 Å². The van der Waals surface area contributed by atoms with Gasteiger partial charge in [-0.05, 0) is 31.4 Å². The number of aromatic nitrogens is 1. The van der Waals surface area contributed by atoms with Crippen LogP contribution in [-0.2, 0) is 4.74 Å². The lowest BCUT2D eigenvalue weighted by Crippen LogP contribution is -2.27. The van der Waals surface area contributed by atoms with Gasteiger partial charge in [0.25, 0.3) is 5.91 Å². The van der Waals surface area contributed by atoms with Gasteiger partial charge in [-0.15, -0.1) is 0 Å². The number of ether oxygens (including phenoxy) is 1. The minimum atomic E-state index is -0.112. The maximum atomic E-state index is 11.6. The molecule has 1 atom stereocenters.